The Hall–Kier alpha value is -0.586. The van der Waals surface area contributed by atoms with Gasteiger partial charge in [0.2, 0.25) is 0 Å². The van der Waals surface area contributed by atoms with Gasteiger partial charge >= 0.3 is 17.6 Å². The molecule has 0 aliphatic heterocycles. The molecule has 0 saturated heterocycles. The highest BCUT2D eigenvalue weighted by Gasteiger charge is 2.48. The highest BCUT2D eigenvalue weighted by atomic mass is 28.4. The maximum absolute atomic E-state index is 6.17. The van der Waals surface area contributed by atoms with E-state index in [9.17, 15) is 0 Å². The van der Waals surface area contributed by atoms with Gasteiger partial charge in [-0.15, -0.1) is 0 Å². The first-order valence-electron chi connectivity index (χ1n) is 10.4. The van der Waals surface area contributed by atoms with E-state index in [2.05, 4.69) is 25.1 Å². The van der Waals surface area contributed by atoms with Crippen molar-refractivity contribution in [1.29, 1.82) is 0 Å². The van der Waals surface area contributed by atoms with Crippen molar-refractivity contribution in [2.24, 2.45) is 0 Å². The quantitative estimate of drug-likeness (QED) is 0.398. The topological polar surface area (TPSA) is 55.4 Å². The van der Waals surface area contributed by atoms with Crippen LogP contribution >= 0.6 is 0 Å². The summed E-state index contributed by atoms with van der Waals surface area (Å²) in [6.07, 6.45) is 0. The first kappa shape index (κ1) is 25.5. The molecule has 162 valence electrons. The minimum atomic E-state index is -3.06. The molecular formula is C20H38O6Si2. The first-order valence-corrected chi connectivity index (χ1v) is 14.1. The van der Waals surface area contributed by atoms with Crippen LogP contribution in [0.5, 0.6) is 0 Å². The van der Waals surface area contributed by atoms with Gasteiger partial charge in [0, 0.05) is 50.9 Å². The Kier molecular flexibility index (Phi) is 11.7. The van der Waals surface area contributed by atoms with Crippen molar-refractivity contribution in [3.63, 3.8) is 0 Å². The standard InChI is InChI=1S/C20H38O6Si2/c1-8-21-27(22-9-2,23-10-3)17-19-15-14-18(7)16-20(19)28(24-11-4,25-12-5)26-13-6/h14-16H,8-13,17H2,1-7H3. The Bertz CT molecular complexity index is 536. The summed E-state index contributed by atoms with van der Waals surface area (Å²) in [5.74, 6) is 0. The maximum atomic E-state index is 6.17. The van der Waals surface area contributed by atoms with Gasteiger partial charge in [-0.05, 0) is 54.0 Å². The average molecular weight is 431 g/mol. The number of hydrogen-bond donors (Lipinski definition) is 0. The van der Waals surface area contributed by atoms with E-state index in [1.54, 1.807) is 0 Å². The van der Waals surface area contributed by atoms with Gasteiger partial charge in [-0.25, -0.2) is 0 Å². The predicted octanol–water partition coefficient (Wildman–Crippen LogP) is 3.38. The molecule has 0 amide bonds. The number of aryl methyl sites for hydroxylation is 1. The van der Waals surface area contributed by atoms with Gasteiger partial charge in [0.1, 0.15) is 0 Å². The van der Waals surface area contributed by atoms with Crippen molar-refractivity contribution in [2.45, 2.75) is 54.5 Å². The fraction of sp³-hybridized carbons (Fsp3) is 0.700. The lowest BCUT2D eigenvalue weighted by atomic mass is 10.2. The van der Waals surface area contributed by atoms with Crippen molar-refractivity contribution >= 4 is 22.8 Å². The maximum Gasteiger partial charge on any atom is 0.537 e. The van der Waals surface area contributed by atoms with Gasteiger partial charge in [0.15, 0.2) is 0 Å². The molecule has 1 rings (SSSR count). The van der Waals surface area contributed by atoms with E-state index >= 15 is 0 Å². The van der Waals surface area contributed by atoms with Crippen molar-refractivity contribution in [3.05, 3.63) is 29.3 Å². The molecule has 6 nitrogen and oxygen atoms in total. The molecule has 0 radical (unpaired) electrons. The lowest BCUT2D eigenvalue weighted by Crippen LogP contribution is -2.59. The van der Waals surface area contributed by atoms with Crippen LogP contribution in [0, 0.1) is 6.92 Å². The van der Waals surface area contributed by atoms with Crippen LogP contribution in [-0.4, -0.2) is 57.3 Å². The van der Waals surface area contributed by atoms with Gasteiger partial charge in [-0.1, -0.05) is 23.8 Å². The molecule has 0 saturated carbocycles. The minimum Gasteiger partial charge on any atom is -0.374 e. The van der Waals surface area contributed by atoms with Crippen LogP contribution in [0.15, 0.2) is 18.2 Å². The molecule has 0 bridgehead atoms. The largest absolute Gasteiger partial charge is 0.537 e. The first-order chi connectivity index (χ1) is 13.5. The van der Waals surface area contributed by atoms with Crippen LogP contribution < -0.4 is 5.19 Å². The number of benzene rings is 1. The Morgan fingerprint density at radius 1 is 0.643 bits per heavy atom. The summed E-state index contributed by atoms with van der Waals surface area (Å²) in [7, 11) is -5.94. The van der Waals surface area contributed by atoms with Crippen molar-refractivity contribution in [3.8, 4) is 0 Å². The van der Waals surface area contributed by atoms with E-state index in [1.807, 2.05) is 41.5 Å². The zero-order valence-corrected chi connectivity index (χ0v) is 20.6. The normalized spacial score (nSPS) is 12.5. The fourth-order valence-corrected chi connectivity index (χ4v) is 8.88. The Morgan fingerprint density at radius 2 is 1.07 bits per heavy atom. The lowest BCUT2D eigenvalue weighted by molar-refractivity contribution is 0.0702. The molecule has 0 N–H and O–H groups in total. The summed E-state index contributed by atoms with van der Waals surface area (Å²) in [5.41, 5.74) is 2.18. The monoisotopic (exact) mass is 430 g/mol. The summed E-state index contributed by atoms with van der Waals surface area (Å²) < 4.78 is 36.8. The van der Waals surface area contributed by atoms with Gasteiger partial charge in [-0.3, -0.25) is 0 Å². The van der Waals surface area contributed by atoms with Crippen molar-refractivity contribution in [1.82, 2.24) is 0 Å². The van der Waals surface area contributed by atoms with Crippen LogP contribution in [0.3, 0.4) is 0 Å². The fourth-order valence-electron chi connectivity index (χ4n) is 3.23. The summed E-state index contributed by atoms with van der Waals surface area (Å²) in [4.78, 5) is 0. The Balaban J connectivity index is 3.50. The smallest absolute Gasteiger partial charge is 0.374 e. The highest BCUT2D eigenvalue weighted by molar-refractivity contribution is 6.76. The van der Waals surface area contributed by atoms with Gasteiger partial charge < -0.3 is 26.6 Å². The summed E-state index contributed by atoms with van der Waals surface area (Å²) in [6.45, 7) is 17.0. The molecule has 0 fully saturated rings. The Labute approximate surface area is 173 Å². The van der Waals surface area contributed by atoms with E-state index < -0.39 is 17.6 Å². The zero-order valence-electron chi connectivity index (χ0n) is 18.6. The van der Waals surface area contributed by atoms with Crippen LogP contribution in [0.2, 0.25) is 0 Å². The molecule has 1 aromatic rings. The molecule has 8 heteroatoms. The lowest BCUT2D eigenvalue weighted by Gasteiger charge is -2.33. The molecule has 0 atom stereocenters. The highest BCUT2D eigenvalue weighted by Crippen LogP contribution is 2.21. The third kappa shape index (κ3) is 6.74. The number of hydrogen-bond acceptors (Lipinski definition) is 6. The molecule has 0 aromatic heterocycles. The second kappa shape index (κ2) is 12.9. The summed E-state index contributed by atoms with van der Waals surface area (Å²) in [6, 6.07) is 6.86. The summed E-state index contributed by atoms with van der Waals surface area (Å²) >= 11 is 0. The second-order valence-electron chi connectivity index (χ2n) is 6.17. The van der Waals surface area contributed by atoms with E-state index in [1.165, 1.54) is 0 Å². The van der Waals surface area contributed by atoms with Crippen molar-refractivity contribution in [2.75, 3.05) is 39.6 Å². The summed E-state index contributed by atoms with van der Waals surface area (Å²) in [5, 5.41) is 0.981. The molecule has 28 heavy (non-hydrogen) atoms. The van der Waals surface area contributed by atoms with Crippen LogP contribution in [0.4, 0.5) is 0 Å². The van der Waals surface area contributed by atoms with Crippen LogP contribution in [-0.2, 0) is 32.6 Å². The van der Waals surface area contributed by atoms with Crippen molar-refractivity contribution < 1.29 is 26.6 Å². The zero-order chi connectivity index (χ0) is 21.0. The van der Waals surface area contributed by atoms with Gasteiger partial charge in [0.25, 0.3) is 0 Å². The van der Waals surface area contributed by atoms with E-state index in [-0.39, 0.29) is 0 Å². The third-order valence-corrected chi connectivity index (χ3v) is 10.2. The van der Waals surface area contributed by atoms with Gasteiger partial charge in [0.05, 0.1) is 0 Å². The van der Waals surface area contributed by atoms with Crippen LogP contribution in [0.1, 0.15) is 52.7 Å². The van der Waals surface area contributed by atoms with Gasteiger partial charge in [-0.2, -0.15) is 0 Å². The van der Waals surface area contributed by atoms with E-state index in [0.717, 1.165) is 16.3 Å². The van der Waals surface area contributed by atoms with E-state index in [0.29, 0.717) is 45.7 Å². The Morgan fingerprint density at radius 3 is 1.46 bits per heavy atom. The molecule has 1 aromatic carbocycles. The minimum absolute atomic E-state index is 0.518. The predicted molar refractivity (Wildman–Crippen MR) is 116 cm³/mol. The average Bonchev–Trinajstić information content (AvgIpc) is 2.64. The molecular weight excluding hydrogens is 392 g/mol. The molecule has 0 spiro atoms. The molecule has 0 heterocycles. The molecule has 0 aliphatic carbocycles. The number of rotatable bonds is 15. The molecule has 0 unspecified atom stereocenters. The third-order valence-electron chi connectivity index (χ3n) is 4.10. The molecule has 0 aliphatic rings. The van der Waals surface area contributed by atoms with Crippen LogP contribution in [0.25, 0.3) is 0 Å². The van der Waals surface area contributed by atoms with E-state index in [4.69, 9.17) is 26.6 Å². The second-order valence-corrected chi connectivity index (χ2v) is 11.3. The SMILES string of the molecule is CCO[Si](Cc1ccc(C)cc1[Si](OCC)(OCC)OCC)(OCC)OCC.